The van der Waals surface area contributed by atoms with Gasteiger partial charge in [-0.1, -0.05) is 0 Å². The van der Waals surface area contributed by atoms with E-state index in [1.807, 2.05) is 0 Å². The fourth-order valence-corrected chi connectivity index (χ4v) is 1.79. The number of hydrogen-bond donors (Lipinski definition) is 1. The second-order valence-electron chi connectivity index (χ2n) is 3.58. The molecule has 2 fully saturated rings. The predicted molar refractivity (Wildman–Crippen MR) is 53.4 cm³/mol. The van der Waals surface area contributed by atoms with Crippen LogP contribution in [-0.4, -0.2) is 38.5 Å². The molecule has 13 heavy (non-hydrogen) atoms. The van der Waals surface area contributed by atoms with Crippen molar-refractivity contribution in [3.8, 4) is 0 Å². The molecule has 2 saturated heterocycles. The van der Waals surface area contributed by atoms with Crippen LogP contribution in [-0.2, 0) is 9.47 Å². The SMILES string of the molecule is C1COC(COC2CCNC2)C1.Cl. The van der Waals surface area contributed by atoms with Gasteiger partial charge in [0.15, 0.2) is 0 Å². The van der Waals surface area contributed by atoms with Gasteiger partial charge in [0.2, 0.25) is 0 Å². The van der Waals surface area contributed by atoms with E-state index in [0.717, 1.165) is 32.7 Å². The Bertz CT molecular complexity index is 118. The molecule has 0 spiro atoms. The quantitative estimate of drug-likeness (QED) is 0.748. The number of rotatable bonds is 3. The smallest absolute Gasteiger partial charge is 0.0809 e. The molecule has 0 aromatic rings. The van der Waals surface area contributed by atoms with Gasteiger partial charge in [-0.15, -0.1) is 12.4 Å². The van der Waals surface area contributed by atoms with Gasteiger partial charge in [-0.05, 0) is 25.8 Å². The molecule has 4 heteroatoms. The van der Waals surface area contributed by atoms with Gasteiger partial charge in [-0.25, -0.2) is 0 Å². The zero-order valence-corrected chi connectivity index (χ0v) is 8.65. The molecule has 2 unspecified atom stereocenters. The summed E-state index contributed by atoms with van der Waals surface area (Å²) < 4.78 is 11.2. The van der Waals surface area contributed by atoms with Crippen molar-refractivity contribution >= 4 is 12.4 Å². The van der Waals surface area contributed by atoms with Crippen LogP contribution in [0.4, 0.5) is 0 Å². The maximum atomic E-state index is 5.70. The number of ether oxygens (including phenoxy) is 2. The first-order chi connectivity index (χ1) is 5.95. The lowest BCUT2D eigenvalue weighted by molar-refractivity contribution is -0.0131. The standard InChI is InChI=1S/C9H17NO2.ClH/c1-2-9(11-5-1)7-12-8-3-4-10-6-8;/h8-10H,1-7H2;1H. The molecule has 1 N–H and O–H groups in total. The Balaban J connectivity index is 0.000000845. The number of hydrogen-bond acceptors (Lipinski definition) is 3. The minimum Gasteiger partial charge on any atom is -0.376 e. The summed E-state index contributed by atoms with van der Waals surface area (Å²) in [5.74, 6) is 0. The average Bonchev–Trinajstić information content (AvgIpc) is 2.74. The summed E-state index contributed by atoms with van der Waals surface area (Å²) in [6.45, 7) is 3.85. The Morgan fingerprint density at radius 2 is 2.31 bits per heavy atom. The molecule has 0 saturated carbocycles. The van der Waals surface area contributed by atoms with Gasteiger partial charge in [0.1, 0.15) is 0 Å². The lowest BCUT2D eigenvalue weighted by Crippen LogP contribution is -2.22. The lowest BCUT2D eigenvalue weighted by atomic mass is 10.2. The Morgan fingerprint density at radius 3 is 2.92 bits per heavy atom. The molecule has 0 aliphatic carbocycles. The molecular formula is C9H18ClNO2. The van der Waals surface area contributed by atoms with E-state index < -0.39 is 0 Å². The maximum absolute atomic E-state index is 5.70. The average molecular weight is 208 g/mol. The van der Waals surface area contributed by atoms with Crippen LogP contribution in [0.2, 0.25) is 0 Å². The Hall–Kier alpha value is 0.170. The van der Waals surface area contributed by atoms with E-state index in [0.29, 0.717) is 12.2 Å². The van der Waals surface area contributed by atoms with Crippen molar-refractivity contribution in [3.63, 3.8) is 0 Å². The molecule has 78 valence electrons. The summed E-state index contributed by atoms with van der Waals surface area (Å²) in [4.78, 5) is 0. The van der Waals surface area contributed by atoms with Crippen LogP contribution in [0.5, 0.6) is 0 Å². The second-order valence-corrected chi connectivity index (χ2v) is 3.58. The molecule has 0 amide bonds. The summed E-state index contributed by atoms with van der Waals surface area (Å²) >= 11 is 0. The summed E-state index contributed by atoms with van der Waals surface area (Å²) in [6, 6.07) is 0. The third-order valence-corrected chi connectivity index (χ3v) is 2.56. The monoisotopic (exact) mass is 207 g/mol. The Morgan fingerprint density at radius 1 is 1.38 bits per heavy atom. The topological polar surface area (TPSA) is 30.5 Å². The molecule has 0 bridgehead atoms. The number of halogens is 1. The van der Waals surface area contributed by atoms with Gasteiger partial charge in [0.25, 0.3) is 0 Å². The van der Waals surface area contributed by atoms with Crippen molar-refractivity contribution in [1.29, 1.82) is 0 Å². The minimum atomic E-state index is 0. The van der Waals surface area contributed by atoms with Gasteiger partial charge in [-0.2, -0.15) is 0 Å². The first kappa shape index (κ1) is 11.2. The van der Waals surface area contributed by atoms with Crippen LogP contribution in [0.25, 0.3) is 0 Å². The van der Waals surface area contributed by atoms with Gasteiger partial charge >= 0.3 is 0 Å². The van der Waals surface area contributed by atoms with Gasteiger partial charge < -0.3 is 14.8 Å². The minimum absolute atomic E-state index is 0. The van der Waals surface area contributed by atoms with E-state index in [2.05, 4.69) is 5.32 Å². The molecule has 0 aromatic heterocycles. The van der Waals surface area contributed by atoms with Crippen LogP contribution < -0.4 is 5.32 Å². The van der Waals surface area contributed by atoms with Gasteiger partial charge in [0.05, 0.1) is 18.8 Å². The highest BCUT2D eigenvalue weighted by atomic mass is 35.5. The molecule has 2 heterocycles. The highest BCUT2D eigenvalue weighted by Crippen LogP contribution is 2.13. The lowest BCUT2D eigenvalue weighted by Gasteiger charge is -2.14. The summed E-state index contributed by atoms with van der Waals surface area (Å²) in [7, 11) is 0. The summed E-state index contributed by atoms with van der Waals surface area (Å²) in [6.07, 6.45) is 4.36. The van der Waals surface area contributed by atoms with E-state index >= 15 is 0 Å². The molecule has 0 aromatic carbocycles. The molecule has 2 aliphatic heterocycles. The molecule has 2 rings (SSSR count). The van der Waals surface area contributed by atoms with Crippen molar-refractivity contribution < 1.29 is 9.47 Å². The molecule has 3 nitrogen and oxygen atoms in total. The third-order valence-electron chi connectivity index (χ3n) is 2.56. The zero-order valence-electron chi connectivity index (χ0n) is 7.83. The third kappa shape index (κ3) is 3.43. The molecule has 2 atom stereocenters. The Kier molecular flexibility index (Phi) is 5.02. The summed E-state index contributed by atoms with van der Waals surface area (Å²) in [5.41, 5.74) is 0. The van der Waals surface area contributed by atoms with Crippen molar-refractivity contribution in [3.05, 3.63) is 0 Å². The van der Waals surface area contributed by atoms with E-state index in [1.54, 1.807) is 0 Å². The highest BCUT2D eigenvalue weighted by Gasteiger charge is 2.19. The van der Waals surface area contributed by atoms with Crippen molar-refractivity contribution in [2.24, 2.45) is 0 Å². The van der Waals surface area contributed by atoms with Crippen molar-refractivity contribution in [2.75, 3.05) is 26.3 Å². The van der Waals surface area contributed by atoms with Crippen LogP contribution in [0.15, 0.2) is 0 Å². The maximum Gasteiger partial charge on any atom is 0.0809 e. The number of nitrogens with one attached hydrogen (secondary N) is 1. The summed E-state index contributed by atoms with van der Waals surface area (Å²) in [5, 5.41) is 3.28. The zero-order chi connectivity index (χ0) is 8.23. The van der Waals surface area contributed by atoms with Crippen molar-refractivity contribution in [2.45, 2.75) is 31.5 Å². The highest BCUT2D eigenvalue weighted by molar-refractivity contribution is 5.85. The van der Waals surface area contributed by atoms with E-state index in [1.165, 1.54) is 12.8 Å². The van der Waals surface area contributed by atoms with E-state index in [9.17, 15) is 0 Å². The fraction of sp³-hybridized carbons (Fsp3) is 1.00. The van der Waals surface area contributed by atoms with Crippen LogP contribution >= 0.6 is 12.4 Å². The fourth-order valence-electron chi connectivity index (χ4n) is 1.79. The molecule has 0 radical (unpaired) electrons. The molecule has 2 aliphatic rings. The first-order valence-electron chi connectivity index (χ1n) is 4.89. The first-order valence-corrected chi connectivity index (χ1v) is 4.89. The van der Waals surface area contributed by atoms with Crippen LogP contribution in [0.1, 0.15) is 19.3 Å². The van der Waals surface area contributed by atoms with Crippen molar-refractivity contribution in [1.82, 2.24) is 5.32 Å². The largest absolute Gasteiger partial charge is 0.376 e. The van der Waals surface area contributed by atoms with Crippen LogP contribution in [0.3, 0.4) is 0 Å². The normalized spacial score (nSPS) is 33.2. The molecular weight excluding hydrogens is 190 g/mol. The van der Waals surface area contributed by atoms with E-state index in [4.69, 9.17) is 9.47 Å². The predicted octanol–water partition coefficient (Wildman–Crippen LogP) is 0.966. The van der Waals surface area contributed by atoms with Gasteiger partial charge in [0, 0.05) is 13.2 Å². The van der Waals surface area contributed by atoms with Crippen LogP contribution in [0, 0.1) is 0 Å². The second kappa shape index (κ2) is 5.81. The van der Waals surface area contributed by atoms with E-state index in [-0.39, 0.29) is 12.4 Å². The van der Waals surface area contributed by atoms with Gasteiger partial charge in [-0.3, -0.25) is 0 Å². The Labute approximate surface area is 85.6 Å².